The van der Waals surface area contributed by atoms with E-state index in [0.717, 1.165) is 28.8 Å². The van der Waals surface area contributed by atoms with E-state index in [4.69, 9.17) is 11.6 Å². The minimum atomic E-state index is -0.458. The summed E-state index contributed by atoms with van der Waals surface area (Å²) < 4.78 is 13.4. The van der Waals surface area contributed by atoms with Crippen LogP contribution in [0, 0.1) is 5.82 Å². The minimum absolute atomic E-state index is 0.0534. The molecule has 0 saturated carbocycles. The van der Waals surface area contributed by atoms with Gasteiger partial charge < -0.3 is 10.3 Å². The molecule has 0 bridgehead atoms. The van der Waals surface area contributed by atoms with Gasteiger partial charge in [-0.2, -0.15) is 4.98 Å². The smallest absolute Gasteiger partial charge is 0.229 e. The fraction of sp³-hybridized carbons (Fsp3) is 0.250. The topological polar surface area (TPSA) is 56.8 Å². The summed E-state index contributed by atoms with van der Waals surface area (Å²) in [7, 11) is 0. The number of piperidine rings is 1. The van der Waals surface area contributed by atoms with Crippen molar-refractivity contribution in [3.05, 3.63) is 71.1 Å². The van der Waals surface area contributed by atoms with E-state index in [2.05, 4.69) is 55.5 Å². The molecule has 0 amide bonds. The zero-order valence-electron chi connectivity index (χ0n) is 17.0. The average Bonchev–Trinajstić information content (AvgIpc) is 3.21. The van der Waals surface area contributed by atoms with Crippen LogP contribution in [-0.2, 0) is 6.54 Å². The number of hydrogen-bond donors (Lipinski definition) is 2. The van der Waals surface area contributed by atoms with Gasteiger partial charge in [-0.3, -0.25) is 4.90 Å². The van der Waals surface area contributed by atoms with Crippen LogP contribution in [0.5, 0.6) is 0 Å². The first-order valence-electron chi connectivity index (χ1n) is 10.5. The van der Waals surface area contributed by atoms with Gasteiger partial charge in [-0.15, -0.1) is 0 Å². The Morgan fingerprint density at radius 1 is 1.06 bits per heavy atom. The highest BCUT2D eigenvalue weighted by Gasteiger charge is 2.12. The first-order valence-corrected chi connectivity index (χ1v) is 10.9. The van der Waals surface area contributed by atoms with Gasteiger partial charge in [0.05, 0.1) is 5.02 Å². The number of hydrogen-bond acceptors (Lipinski definition) is 4. The molecule has 0 radical (unpaired) electrons. The second-order valence-electron chi connectivity index (χ2n) is 7.97. The maximum Gasteiger partial charge on any atom is 0.229 e. The van der Waals surface area contributed by atoms with Crippen molar-refractivity contribution < 1.29 is 4.39 Å². The number of rotatable bonds is 5. The second kappa shape index (κ2) is 8.65. The van der Waals surface area contributed by atoms with Crippen LogP contribution >= 0.6 is 11.6 Å². The molecule has 1 fully saturated rings. The fourth-order valence-electron chi connectivity index (χ4n) is 4.05. The Balaban J connectivity index is 1.37. The van der Waals surface area contributed by atoms with Crippen LogP contribution in [0.25, 0.3) is 22.3 Å². The van der Waals surface area contributed by atoms with Crippen LogP contribution in [0.1, 0.15) is 24.8 Å². The Kier molecular flexibility index (Phi) is 5.57. The summed E-state index contributed by atoms with van der Waals surface area (Å²) in [6.45, 7) is 3.35. The maximum atomic E-state index is 13.4. The summed E-state index contributed by atoms with van der Waals surface area (Å²) in [6.07, 6.45) is 5.70. The molecule has 158 valence electrons. The van der Waals surface area contributed by atoms with Crippen molar-refractivity contribution in [2.24, 2.45) is 0 Å². The molecule has 2 aromatic carbocycles. The van der Waals surface area contributed by atoms with Crippen LogP contribution in [0.4, 0.5) is 16.0 Å². The average molecular weight is 436 g/mol. The summed E-state index contributed by atoms with van der Waals surface area (Å²) >= 11 is 5.86. The van der Waals surface area contributed by atoms with Gasteiger partial charge in [0.2, 0.25) is 5.95 Å². The Hall–Kier alpha value is -2.96. The first-order chi connectivity index (χ1) is 15.1. The molecule has 7 heteroatoms. The van der Waals surface area contributed by atoms with Crippen molar-refractivity contribution in [2.45, 2.75) is 25.8 Å². The molecule has 0 spiro atoms. The second-order valence-corrected chi connectivity index (χ2v) is 8.38. The van der Waals surface area contributed by atoms with E-state index in [1.165, 1.54) is 50.0 Å². The number of aromatic amines is 1. The zero-order valence-corrected chi connectivity index (χ0v) is 17.8. The van der Waals surface area contributed by atoms with Crippen LogP contribution in [0.15, 0.2) is 54.7 Å². The van der Waals surface area contributed by atoms with Gasteiger partial charge >= 0.3 is 0 Å². The van der Waals surface area contributed by atoms with Crippen molar-refractivity contribution in [1.29, 1.82) is 0 Å². The summed E-state index contributed by atoms with van der Waals surface area (Å²) in [5, 5.41) is 4.05. The lowest BCUT2D eigenvalue weighted by molar-refractivity contribution is 0.221. The van der Waals surface area contributed by atoms with Gasteiger partial charge in [0.1, 0.15) is 11.5 Å². The minimum Gasteiger partial charge on any atom is -0.339 e. The Bertz CT molecular complexity index is 1220. The van der Waals surface area contributed by atoms with Crippen molar-refractivity contribution in [2.75, 3.05) is 18.4 Å². The number of halogens is 2. The molecule has 1 aliphatic heterocycles. The summed E-state index contributed by atoms with van der Waals surface area (Å²) in [6, 6.07) is 15.1. The molecule has 31 heavy (non-hydrogen) atoms. The third-order valence-electron chi connectivity index (χ3n) is 5.64. The highest BCUT2D eigenvalue weighted by Crippen LogP contribution is 2.26. The van der Waals surface area contributed by atoms with E-state index in [1.54, 1.807) is 12.3 Å². The summed E-state index contributed by atoms with van der Waals surface area (Å²) in [4.78, 5) is 14.9. The number of nitrogens with one attached hydrogen (secondary N) is 2. The predicted molar refractivity (Wildman–Crippen MR) is 123 cm³/mol. The summed E-state index contributed by atoms with van der Waals surface area (Å²) in [5.74, 6) is -0.0393. The lowest BCUT2D eigenvalue weighted by Gasteiger charge is -2.26. The molecule has 3 heterocycles. The number of nitrogens with zero attached hydrogens (tertiary/aromatic N) is 3. The van der Waals surface area contributed by atoms with E-state index in [1.807, 2.05) is 0 Å². The maximum absolute atomic E-state index is 13.4. The molecule has 0 unspecified atom stereocenters. The monoisotopic (exact) mass is 435 g/mol. The fourth-order valence-corrected chi connectivity index (χ4v) is 4.23. The highest BCUT2D eigenvalue weighted by molar-refractivity contribution is 6.31. The molecule has 2 aromatic heterocycles. The van der Waals surface area contributed by atoms with Crippen molar-refractivity contribution >= 4 is 34.3 Å². The lowest BCUT2D eigenvalue weighted by Crippen LogP contribution is -2.29. The molecule has 1 saturated heterocycles. The van der Waals surface area contributed by atoms with Gasteiger partial charge in [0.25, 0.3) is 0 Å². The molecule has 5 nitrogen and oxygen atoms in total. The van der Waals surface area contributed by atoms with Gasteiger partial charge in [0, 0.05) is 29.5 Å². The van der Waals surface area contributed by atoms with Crippen molar-refractivity contribution in [3.63, 3.8) is 0 Å². The molecule has 4 aromatic rings. The lowest BCUT2D eigenvalue weighted by atomic mass is 10.1. The van der Waals surface area contributed by atoms with Crippen LogP contribution in [0.3, 0.4) is 0 Å². The number of anilines is 2. The number of H-pyrrole nitrogens is 1. The Morgan fingerprint density at radius 3 is 2.77 bits per heavy atom. The molecule has 2 N–H and O–H groups in total. The number of likely N-dealkylation sites (tertiary alicyclic amines) is 1. The molecule has 5 rings (SSSR count). The number of fused-ring (bicyclic) bond motifs is 1. The highest BCUT2D eigenvalue weighted by atomic mass is 35.5. The Labute approximate surface area is 185 Å². The number of aromatic nitrogens is 3. The van der Waals surface area contributed by atoms with E-state index in [-0.39, 0.29) is 5.02 Å². The largest absolute Gasteiger partial charge is 0.339 e. The van der Waals surface area contributed by atoms with Gasteiger partial charge in [0.15, 0.2) is 0 Å². The SMILES string of the molecule is Fc1ccc(Nc2ncc3cc(-c4cccc(CN5CCCCC5)c4)[nH]c3n2)cc1Cl. The van der Waals surface area contributed by atoms with E-state index < -0.39 is 5.82 Å². The third-order valence-corrected chi connectivity index (χ3v) is 5.93. The van der Waals surface area contributed by atoms with Gasteiger partial charge in [-0.1, -0.05) is 36.2 Å². The zero-order chi connectivity index (χ0) is 21.2. The van der Waals surface area contributed by atoms with E-state index >= 15 is 0 Å². The number of benzene rings is 2. The molecule has 0 aliphatic carbocycles. The van der Waals surface area contributed by atoms with Crippen molar-refractivity contribution in [1.82, 2.24) is 19.9 Å². The van der Waals surface area contributed by atoms with Crippen LogP contribution < -0.4 is 5.32 Å². The summed E-state index contributed by atoms with van der Waals surface area (Å²) in [5.41, 5.74) is 4.82. The molecular weight excluding hydrogens is 413 g/mol. The molecule has 1 aliphatic rings. The standard InChI is InChI=1S/C24H23ClFN5/c25-20-13-19(7-8-21(20)26)28-24-27-14-18-12-22(29-23(18)30-24)17-6-4-5-16(11-17)15-31-9-2-1-3-10-31/h4-8,11-14H,1-3,9-10,15H2,(H2,27,28,29,30). The van der Waals surface area contributed by atoms with E-state index in [0.29, 0.717) is 11.6 Å². The van der Waals surface area contributed by atoms with E-state index in [9.17, 15) is 4.39 Å². The predicted octanol–water partition coefficient (Wildman–Crippen LogP) is 6.15. The Morgan fingerprint density at radius 2 is 1.94 bits per heavy atom. The quantitative estimate of drug-likeness (QED) is 0.395. The van der Waals surface area contributed by atoms with Gasteiger partial charge in [-0.05, 0) is 67.4 Å². The normalized spacial score (nSPS) is 14.8. The molecule has 0 atom stereocenters. The third kappa shape index (κ3) is 4.55. The van der Waals surface area contributed by atoms with Gasteiger partial charge in [-0.25, -0.2) is 9.37 Å². The molecular formula is C24H23ClFN5. The van der Waals surface area contributed by atoms with Crippen molar-refractivity contribution in [3.8, 4) is 11.3 Å². The van der Waals surface area contributed by atoms with Crippen LogP contribution in [-0.4, -0.2) is 32.9 Å². The van der Waals surface area contributed by atoms with Crippen LogP contribution in [0.2, 0.25) is 5.02 Å². The first kappa shape index (κ1) is 20.0.